The highest BCUT2D eigenvalue weighted by Gasteiger charge is 2.40. The molecular weight excluding hydrogens is 795 g/mol. The fourth-order valence-electron chi connectivity index (χ4n) is 6.55. The number of benzene rings is 3. The number of hydrogen-bond donors (Lipinski definition) is 2. The Bertz CT molecular complexity index is 1760. The number of aryl methyl sites for hydroxylation is 1. The first kappa shape index (κ1) is 48.8. The molecule has 0 unspecified atom stereocenters. The Morgan fingerprint density at radius 2 is 1.07 bits per heavy atom. The first-order chi connectivity index (χ1) is 28.0. The van der Waals surface area contributed by atoms with Crippen molar-refractivity contribution in [3.8, 4) is 0 Å². The summed E-state index contributed by atoms with van der Waals surface area (Å²) in [7, 11) is -9.39. The molecule has 0 aliphatic carbocycles. The Morgan fingerprint density at radius 3 is 1.55 bits per heavy atom. The van der Waals surface area contributed by atoms with Gasteiger partial charge in [0.2, 0.25) is 9.84 Å². The van der Waals surface area contributed by atoms with Gasteiger partial charge in [0.25, 0.3) is 0 Å². The van der Waals surface area contributed by atoms with Crippen LogP contribution in [-0.4, -0.2) is 91.3 Å². The molecule has 2 N–H and O–H groups in total. The van der Waals surface area contributed by atoms with E-state index in [1.54, 1.807) is 24.3 Å². The number of rotatable bonds is 28. The normalized spacial score (nSPS) is 12.3. The van der Waals surface area contributed by atoms with Crippen LogP contribution in [0.15, 0.2) is 86.7 Å². The second-order valence-electron chi connectivity index (χ2n) is 13.0. The number of sulfone groups is 1. The third-order valence-electron chi connectivity index (χ3n) is 9.08. The lowest BCUT2D eigenvalue weighted by Crippen LogP contribution is -2.46. The monoisotopic (exact) mass is 859 g/mol. The van der Waals surface area contributed by atoms with Gasteiger partial charge in [-0.1, -0.05) is 0 Å². The summed E-state index contributed by atoms with van der Waals surface area (Å²) in [5.74, 6) is 0. The smallest absolute Gasteiger partial charge is 0.374 e. The number of amides is 2. The van der Waals surface area contributed by atoms with E-state index in [4.69, 9.17) is 26.6 Å². The van der Waals surface area contributed by atoms with Crippen molar-refractivity contribution < 1.29 is 39.8 Å². The van der Waals surface area contributed by atoms with Crippen molar-refractivity contribution in [3.05, 3.63) is 72.3 Å². The summed E-state index contributed by atoms with van der Waals surface area (Å²) in [6.45, 7) is 21.1. The molecule has 0 aliphatic heterocycles. The van der Waals surface area contributed by atoms with E-state index in [2.05, 4.69) is 51.7 Å². The van der Waals surface area contributed by atoms with E-state index < -0.39 is 33.5 Å². The number of carbonyl (C=O) groups is 1. The lowest BCUT2D eigenvalue weighted by atomic mass is 10.1. The summed E-state index contributed by atoms with van der Waals surface area (Å²) >= 11 is 0. The minimum absolute atomic E-state index is 0.0985. The molecule has 0 fully saturated rings. The van der Waals surface area contributed by atoms with Crippen LogP contribution in [0.2, 0.25) is 12.1 Å². The van der Waals surface area contributed by atoms with E-state index in [1.165, 1.54) is 24.3 Å². The van der Waals surface area contributed by atoms with E-state index in [-0.39, 0.29) is 9.79 Å². The fourth-order valence-corrected chi connectivity index (χ4v) is 13.0. The van der Waals surface area contributed by atoms with Gasteiger partial charge in [-0.3, -0.25) is 0 Å². The highest BCUT2D eigenvalue weighted by molar-refractivity contribution is 7.91. The van der Waals surface area contributed by atoms with E-state index in [0.29, 0.717) is 81.8 Å². The van der Waals surface area contributed by atoms with Crippen LogP contribution in [0.3, 0.4) is 0 Å². The summed E-state index contributed by atoms with van der Waals surface area (Å²) in [6.07, 6.45) is 2.23. The maximum Gasteiger partial charge on any atom is 0.500 e. The van der Waals surface area contributed by atoms with Crippen molar-refractivity contribution in [2.75, 3.05) is 69.5 Å². The van der Waals surface area contributed by atoms with Crippen LogP contribution in [0.4, 0.5) is 27.5 Å². The zero-order valence-corrected chi connectivity index (χ0v) is 38.5. The predicted octanol–water partition coefficient (Wildman–Crippen LogP) is 9.32. The molecule has 0 atom stereocenters. The third-order valence-corrected chi connectivity index (χ3v) is 17.2. The molecule has 0 saturated carbocycles. The molecular formula is C41H65N5O9SSi2. The standard InChI is InChI=1S/C41H65N5O9SSi2/c1-9-46(10-2)40-29-24-37(33-34(40)19-17-31-57(50-11-3,51-12-4)52-13-5)45-44-36-22-27-39(28-23-36)56(48,49)38-25-20-35(21-26-38)43-41(47)42-30-18-32-58(53-14-6,54-15-7)55-16-8/h20-29,33H,9-19,30-32H2,1-8H3,(H2,42,43,47). The molecule has 3 rings (SSSR count). The van der Waals surface area contributed by atoms with Gasteiger partial charge in [0, 0.05) is 82.7 Å². The molecule has 2 amide bonds. The summed E-state index contributed by atoms with van der Waals surface area (Å²) in [4.78, 5) is 15.1. The van der Waals surface area contributed by atoms with Gasteiger partial charge in [0.15, 0.2) is 0 Å². The van der Waals surface area contributed by atoms with Gasteiger partial charge in [0.1, 0.15) is 0 Å². The van der Waals surface area contributed by atoms with Crippen LogP contribution in [0, 0.1) is 0 Å². The summed E-state index contributed by atoms with van der Waals surface area (Å²) in [6, 6.07) is 19.3. The maximum atomic E-state index is 13.5. The Hall–Kier alpha value is -3.53. The zero-order valence-electron chi connectivity index (χ0n) is 35.7. The first-order valence-electron chi connectivity index (χ1n) is 20.6. The number of nitrogens with zero attached hydrogens (tertiary/aromatic N) is 3. The number of urea groups is 1. The van der Waals surface area contributed by atoms with Crippen molar-refractivity contribution in [2.24, 2.45) is 10.2 Å². The molecule has 0 spiro atoms. The minimum atomic E-state index is -3.83. The van der Waals surface area contributed by atoms with Crippen molar-refractivity contribution in [2.45, 2.75) is 96.5 Å². The molecule has 17 heteroatoms. The summed E-state index contributed by atoms with van der Waals surface area (Å²) < 4.78 is 62.8. The fraction of sp³-hybridized carbons (Fsp3) is 0.537. The molecule has 0 saturated heterocycles. The van der Waals surface area contributed by atoms with Gasteiger partial charge in [-0.05, 0) is 147 Å². The van der Waals surface area contributed by atoms with Gasteiger partial charge < -0.3 is 42.1 Å². The van der Waals surface area contributed by atoms with Crippen LogP contribution < -0.4 is 15.5 Å². The Morgan fingerprint density at radius 1 is 0.621 bits per heavy atom. The first-order valence-corrected chi connectivity index (χ1v) is 26.0. The van der Waals surface area contributed by atoms with Gasteiger partial charge in [0.05, 0.1) is 21.2 Å². The third kappa shape index (κ3) is 14.6. The molecule has 14 nitrogen and oxygen atoms in total. The van der Waals surface area contributed by atoms with Crippen LogP contribution in [0.5, 0.6) is 0 Å². The van der Waals surface area contributed by atoms with E-state index in [9.17, 15) is 13.2 Å². The van der Waals surface area contributed by atoms with E-state index in [0.717, 1.165) is 37.2 Å². The number of nitrogens with one attached hydrogen (secondary N) is 2. The molecule has 322 valence electrons. The number of carbonyl (C=O) groups excluding carboxylic acids is 1. The highest BCUT2D eigenvalue weighted by Crippen LogP contribution is 2.31. The molecule has 0 aromatic heterocycles. The maximum absolute atomic E-state index is 13.5. The minimum Gasteiger partial charge on any atom is -0.374 e. The second kappa shape index (κ2) is 25.2. The van der Waals surface area contributed by atoms with E-state index >= 15 is 0 Å². The Labute approximate surface area is 348 Å². The summed E-state index contributed by atoms with van der Waals surface area (Å²) in [5, 5.41) is 14.5. The highest BCUT2D eigenvalue weighted by atomic mass is 32.2. The van der Waals surface area contributed by atoms with Crippen LogP contribution >= 0.6 is 0 Å². The average molecular weight is 860 g/mol. The van der Waals surface area contributed by atoms with Crippen molar-refractivity contribution in [1.82, 2.24) is 5.32 Å². The quantitative estimate of drug-likeness (QED) is 0.0410. The Balaban J connectivity index is 1.65. The lowest BCUT2D eigenvalue weighted by molar-refractivity contribution is 0.0700. The molecule has 0 aliphatic rings. The Kier molecular flexibility index (Phi) is 21.2. The number of hydrogen-bond acceptors (Lipinski definition) is 12. The van der Waals surface area contributed by atoms with Crippen molar-refractivity contribution in [1.29, 1.82) is 0 Å². The average Bonchev–Trinajstić information content (AvgIpc) is 3.21. The SMILES string of the molecule is CCO[Si](CCCNC(=O)Nc1ccc(S(=O)(=O)c2ccc(N=Nc3ccc(N(CC)CC)c(CCC[Si](OCC)(OCC)OCC)c3)cc2)cc1)(OCC)OCC. The van der Waals surface area contributed by atoms with Gasteiger partial charge in [-0.2, -0.15) is 10.2 Å². The van der Waals surface area contributed by atoms with Crippen LogP contribution in [0.1, 0.15) is 73.8 Å². The zero-order chi connectivity index (χ0) is 42.4. The molecule has 0 radical (unpaired) electrons. The summed E-state index contributed by atoms with van der Waals surface area (Å²) in [5.41, 5.74) is 3.97. The number of anilines is 2. The van der Waals surface area contributed by atoms with Gasteiger partial charge in [-0.25, -0.2) is 13.2 Å². The second-order valence-corrected chi connectivity index (χ2v) is 20.4. The number of azo groups is 1. The lowest BCUT2D eigenvalue weighted by Gasteiger charge is -2.29. The molecule has 3 aromatic carbocycles. The largest absolute Gasteiger partial charge is 0.500 e. The van der Waals surface area contributed by atoms with Crippen molar-refractivity contribution >= 4 is 56.2 Å². The molecule has 58 heavy (non-hydrogen) atoms. The van der Waals surface area contributed by atoms with Gasteiger partial charge in [-0.15, -0.1) is 0 Å². The van der Waals surface area contributed by atoms with Crippen LogP contribution in [0.25, 0.3) is 0 Å². The van der Waals surface area contributed by atoms with Gasteiger partial charge >= 0.3 is 23.6 Å². The van der Waals surface area contributed by atoms with Crippen LogP contribution in [-0.2, 0) is 42.8 Å². The molecule has 0 bridgehead atoms. The topological polar surface area (TPSA) is 159 Å². The molecule has 0 heterocycles. The van der Waals surface area contributed by atoms with E-state index in [1.807, 2.05) is 47.6 Å². The molecule has 3 aromatic rings. The predicted molar refractivity (Wildman–Crippen MR) is 233 cm³/mol. The van der Waals surface area contributed by atoms with Crippen molar-refractivity contribution in [3.63, 3.8) is 0 Å².